The molecule has 0 N–H and O–H groups in total. The normalized spacial score (nSPS) is 12.4. The van der Waals surface area contributed by atoms with Crippen LogP contribution in [0.5, 0.6) is 11.5 Å². The van der Waals surface area contributed by atoms with E-state index in [0.29, 0.717) is 11.5 Å². The van der Waals surface area contributed by atoms with Crippen LogP contribution in [0.15, 0.2) is 36.4 Å². The van der Waals surface area contributed by atoms with Crippen molar-refractivity contribution in [2.24, 2.45) is 0 Å². The molecule has 0 bridgehead atoms. The van der Waals surface area contributed by atoms with Crippen molar-refractivity contribution >= 4 is 35.1 Å². The van der Waals surface area contributed by atoms with Crippen LogP contribution in [-0.4, -0.2) is 0 Å². The van der Waals surface area contributed by atoms with Gasteiger partial charge in [0.2, 0.25) is 0 Å². The Labute approximate surface area is 213 Å². The second kappa shape index (κ2) is 9.52. The first-order valence-corrected chi connectivity index (χ1v) is 12.6. The van der Waals surface area contributed by atoms with Gasteiger partial charge in [-0.2, -0.15) is 0 Å². The molecule has 33 heavy (non-hydrogen) atoms. The van der Waals surface area contributed by atoms with E-state index in [1.165, 1.54) is 9.75 Å². The molecule has 2 nitrogen and oxygen atoms in total. The Bertz CT molecular complexity index is 1080. The van der Waals surface area contributed by atoms with Gasteiger partial charge in [-0.05, 0) is 43.7 Å². The third-order valence-corrected chi connectivity index (χ3v) is 7.34. The number of thiophene rings is 1. The summed E-state index contributed by atoms with van der Waals surface area (Å²) in [4.78, 5) is 2.43. The summed E-state index contributed by atoms with van der Waals surface area (Å²) in [6.07, 6.45) is 0. The van der Waals surface area contributed by atoms with Crippen molar-refractivity contribution in [3.8, 4) is 11.5 Å². The van der Waals surface area contributed by atoms with Gasteiger partial charge < -0.3 is 8.58 Å². The van der Waals surface area contributed by atoms with E-state index in [2.05, 4.69) is 98.7 Å². The first-order valence-electron chi connectivity index (χ1n) is 11.2. The maximum Gasteiger partial charge on any atom is 0.154 e. The van der Waals surface area contributed by atoms with Gasteiger partial charge in [0, 0.05) is 32.0 Å². The van der Waals surface area contributed by atoms with E-state index in [-0.39, 0.29) is 16.7 Å². The molecule has 0 aliphatic carbocycles. The number of aryl methyl sites for hydroxylation is 3. The highest BCUT2D eigenvalue weighted by Gasteiger charge is 2.33. The summed E-state index contributed by atoms with van der Waals surface area (Å²) in [5.41, 5.74) is 6.19. The van der Waals surface area contributed by atoms with Crippen molar-refractivity contribution in [1.29, 1.82) is 0 Å². The van der Waals surface area contributed by atoms with Crippen LogP contribution in [0.2, 0.25) is 0 Å². The minimum atomic E-state index is -0.145. The molecule has 0 saturated carbocycles. The zero-order valence-electron chi connectivity index (χ0n) is 21.0. The van der Waals surface area contributed by atoms with Crippen LogP contribution in [0, 0.1) is 20.8 Å². The predicted molar refractivity (Wildman–Crippen MR) is 143 cm³/mol. The molecule has 0 spiro atoms. The van der Waals surface area contributed by atoms with Crippen LogP contribution in [0.25, 0.3) is 0 Å². The van der Waals surface area contributed by atoms with Crippen molar-refractivity contribution in [1.82, 2.24) is 0 Å². The first kappa shape index (κ1) is 25.9. The fourth-order valence-electron chi connectivity index (χ4n) is 4.40. The molecule has 0 aliphatic rings. The van der Waals surface area contributed by atoms with Crippen molar-refractivity contribution in [3.05, 3.63) is 79.5 Å². The molecule has 0 amide bonds. The van der Waals surface area contributed by atoms with Gasteiger partial charge in [0.1, 0.15) is 23.7 Å². The maximum atomic E-state index is 6.17. The topological polar surface area (TPSA) is 18.5 Å². The molecule has 3 rings (SSSR count). The molecule has 178 valence electrons. The molecule has 0 radical (unpaired) electrons. The predicted octanol–water partition coefficient (Wildman–Crippen LogP) is 9.51. The summed E-state index contributed by atoms with van der Waals surface area (Å²) in [5, 5.41) is 0. The van der Waals surface area contributed by atoms with E-state index < -0.39 is 0 Å². The lowest BCUT2D eigenvalue weighted by molar-refractivity contribution is 0.523. The molecule has 1 heterocycles. The van der Waals surface area contributed by atoms with Crippen LogP contribution in [-0.2, 0) is 10.8 Å². The molecule has 0 aliphatic heterocycles. The van der Waals surface area contributed by atoms with Gasteiger partial charge in [-0.25, -0.2) is 0 Å². The van der Waals surface area contributed by atoms with Crippen LogP contribution < -0.4 is 8.58 Å². The molecular formula is C28H34Cl2O2S. The highest BCUT2D eigenvalue weighted by atomic mass is 35.5. The average Bonchev–Trinajstić information content (AvgIpc) is 3.12. The van der Waals surface area contributed by atoms with Crippen LogP contribution >= 0.6 is 35.1 Å². The zero-order chi connectivity index (χ0) is 24.7. The van der Waals surface area contributed by atoms with Crippen molar-refractivity contribution < 1.29 is 8.58 Å². The smallest absolute Gasteiger partial charge is 0.154 e. The Balaban J connectivity index is 2.46. The molecule has 1 aromatic heterocycles. The molecular weight excluding hydrogens is 471 g/mol. The largest absolute Gasteiger partial charge is 0.385 e. The Morgan fingerprint density at radius 2 is 1.12 bits per heavy atom. The highest BCUT2D eigenvalue weighted by Crippen LogP contribution is 2.49. The van der Waals surface area contributed by atoms with Gasteiger partial charge in [0.05, 0.1) is 5.92 Å². The van der Waals surface area contributed by atoms with Gasteiger partial charge >= 0.3 is 0 Å². The standard InChI is InChI=1S/C28H34Cl2O2S/c1-16-12-19(25(31-29)21(14-16)27(4,5)6)24(23-11-10-18(3)33-23)20-13-17(2)15-22(26(20)32-30)28(7,8)9/h10-15,24H,1-9H3. The van der Waals surface area contributed by atoms with E-state index in [4.69, 9.17) is 32.3 Å². The quantitative estimate of drug-likeness (QED) is 0.344. The Morgan fingerprint density at radius 3 is 1.42 bits per heavy atom. The van der Waals surface area contributed by atoms with E-state index in [1.807, 2.05) is 0 Å². The Morgan fingerprint density at radius 1 is 0.697 bits per heavy atom. The molecule has 0 unspecified atom stereocenters. The fraction of sp³-hybridized carbons (Fsp3) is 0.429. The van der Waals surface area contributed by atoms with Gasteiger partial charge in [-0.15, -0.1) is 11.3 Å². The second-order valence-corrected chi connectivity index (χ2v) is 12.6. The Kier molecular flexibility index (Phi) is 7.48. The van der Waals surface area contributed by atoms with Crippen molar-refractivity contribution in [2.45, 2.75) is 79.1 Å². The SMILES string of the molecule is Cc1cc(C(c2ccc(C)s2)c2cc(C)cc(C(C)(C)C)c2OCl)c(OCl)c(C(C)(C)C)c1. The van der Waals surface area contributed by atoms with Gasteiger partial charge in [-0.1, -0.05) is 76.9 Å². The maximum absolute atomic E-state index is 6.17. The summed E-state index contributed by atoms with van der Waals surface area (Å²) < 4.78 is 11.2. The Hall–Kier alpha value is -1.68. The van der Waals surface area contributed by atoms with Crippen molar-refractivity contribution in [3.63, 3.8) is 0 Å². The number of benzene rings is 2. The monoisotopic (exact) mass is 504 g/mol. The van der Waals surface area contributed by atoms with E-state index in [0.717, 1.165) is 33.4 Å². The molecule has 2 aromatic carbocycles. The van der Waals surface area contributed by atoms with Crippen LogP contribution in [0.3, 0.4) is 0 Å². The lowest BCUT2D eigenvalue weighted by Crippen LogP contribution is -2.17. The van der Waals surface area contributed by atoms with Crippen molar-refractivity contribution in [2.75, 3.05) is 0 Å². The minimum absolute atomic E-state index is 0.143. The zero-order valence-corrected chi connectivity index (χ0v) is 23.4. The molecule has 0 fully saturated rings. The average molecular weight is 506 g/mol. The van der Waals surface area contributed by atoms with E-state index >= 15 is 0 Å². The van der Waals surface area contributed by atoms with E-state index in [9.17, 15) is 0 Å². The number of halogens is 2. The fourth-order valence-corrected chi connectivity index (χ4v) is 5.76. The third-order valence-electron chi connectivity index (χ3n) is 5.96. The number of rotatable bonds is 5. The summed E-state index contributed by atoms with van der Waals surface area (Å²) >= 11 is 14.1. The van der Waals surface area contributed by atoms with Crippen LogP contribution in [0.4, 0.5) is 0 Å². The van der Waals surface area contributed by atoms with Gasteiger partial charge in [0.15, 0.2) is 11.5 Å². The molecule has 0 saturated heterocycles. The molecule has 3 aromatic rings. The second-order valence-electron chi connectivity index (χ2n) is 11.0. The number of hydrogen-bond donors (Lipinski definition) is 0. The molecule has 5 heteroatoms. The lowest BCUT2D eigenvalue weighted by atomic mass is 9.78. The van der Waals surface area contributed by atoms with Gasteiger partial charge in [-0.3, -0.25) is 0 Å². The summed E-state index contributed by atoms with van der Waals surface area (Å²) in [6, 6.07) is 13.0. The lowest BCUT2D eigenvalue weighted by Gasteiger charge is -2.29. The van der Waals surface area contributed by atoms with Gasteiger partial charge in [0.25, 0.3) is 0 Å². The molecule has 0 atom stereocenters. The summed E-state index contributed by atoms with van der Waals surface area (Å²) in [7, 11) is 0. The summed E-state index contributed by atoms with van der Waals surface area (Å²) in [5.74, 6) is 1.25. The van der Waals surface area contributed by atoms with E-state index in [1.54, 1.807) is 11.3 Å². The number of hydrogen-bond acceptors (Lipinski definition) is 3. The first-order chi connectivity index (χ1) is 15.3. The minimum Gasteiger partial charge on any atom is -0.385 e. The van der Waals surface area contributed by atoms with Crippen LogP contribution in [0.1, 0.15) is 90.6 Å². The third kappa shape index (κ3) is 5.37. The summed E-state index contributed by atoms with van der Waals surface area (Å²) in [6.45, 7) is 19.4. The highest BCUT2D eigenvalue weighted by molar-refractivity contribution is 7.12.